The molecule has 2 atom stereocenters. The van der Waals surface area contributed by atoms with Crippen molar-refractivity contribution < 1.29 is 0 Å². The van der Waals surface area contributed by atoms with Crippen molar-refractivity contribution in [2.24, 2.45) is 0 Å². The van der Waals surface area contributed by atoms with Gasteiger partial charge in [0.2, 0.25) is 0 Å². The van der Waals surface area contributed by atoms with Crippen LogP contribution in [-0.4, -0.2) is 17.5 Å². The van der Waals surface area contributed by atoms with E-state index in [2.05, 4.69) is 28.9 Å². The van der Waals surface area contributed by atoms with Crippen molar-refractivity contribution >= 4 is 46.0 Å². The fraction of sp³-hybridized carbons (Fsp3) is 0.385. The highest BCUT2D eigenvalue weighted by molar-refractivity contribution is 7.99. The van der Waals surface area contributed by atoms with Crippen LogP contribution in [0.1, 0.15) is 22.2 Å². The van der Waals surface area contributed by atoms with Gasteiger partial charge in [0.15, 0.2) is 0 Å². The first-order chi connectivity index (χ1) is 8.83. The maximum atomic E-state index is 6.07. The highest BCUT2D eigenvalue weighted by atomic mass is 35.5. The Hall–Kier alpha value is -0.0000000000000000555. The lowest BCUT2D eigenvalue weighted by Gasteiger charge is -2.20. The second kappa shape index (κ2) is 5.97. The van der Waals surface area contributed by atoms with Crippen molar-refractivity contribution in [2.45, 2.75) is 18.5 Å². The normalized spacial score (nSPS) is 21.3. The number of thiophene rings is 2. The van der Waals surface area contributed by atoms with Gasteiger partial charge >= 0.3 is 0 Å². The Balaban J connectivity index is 1.83. The van der Waals surface area contributed by atoms with Gasteiger partial charge in [0.1, 0.15) is 0 Å². The second-order valence-corrected chi connectivity index (χ2v) is 8.19. The van der Waals surface area contributed by atoms with E-state index in [-0.39, 0.29) is 0 Å². The maximum absolute atomic E-state index is 6.07. The van der Waals surface area contributed by atoms with Crippen molar-refractivity contribution in [2.75, 3.05) is 11.5 Å². The van der Waals surface area contributed by atoms with Gasteiger partial charge in [-0.25, -0.2) is 0 Å². The third kappa shape index (κ3) is 2.94. The summed E-state index contributed by atoms with van der Waals surface area (Å²) in [6.45, 7) is 0. The molecule has 3 rings (SSSR count). The fourth-order valence-corrected chi connectivity index (χ4v) is 5.33. The summed E-state index contributed by atoms with van der Waals surface area (Å²) < 4.78 is 0.870. The number of hydrogen-bond acceptors (Lipinski definition) is 4. The van der Waals surface area contributed by atoms with Crippen LogP contribution in [0.15, 0.2) is 29.6 Å². The van der Waals surface area contributed by atoms with Crippen molar-refractivity contribution in [3.8, 4) is 0 Å². The minimum Gasteiger partial charge on any atom is -0.301 e. The molecule has 2 aromatic heterocycles. The van der Waals surface area contributed by atoms with Gasteiger partial charge in [-0.15, -0.1) is 22.7 Å². The van der Waals surface area contributed by atoms with Crippen molar-refractivity contribution in [3.05, 3.63) is 43.7 Å². The predicted molar refractivity (Wildman–Crippen MR) is 84.4 cm³/mol. The van der Waals surface area contributed by atoms with Gasteiger partial charge in [0, 0.05) is 21.5 Å². The highest BCUT2D eigenvalue weighted by Gasteiger charge is 2.23. The molecule has 1 aliphatic rings. The first kappa shape index (κ1) is 13.0. The summed E-state index contributed by atoms with van der Waals surface area (Å²) in [5.74, 6) is 2.50. The molecule has 0 aromatic carbocycles. The molecule has 18 heavy (non-hydrogen) atoms. The molecule has 1 fully saturated rings. The summed E-state index contributed by atoms with van der Waals surface area (Å²) in [6.07, 6.45) is 1.27. The summed E-state index contributed by atoms with van der Waals surface area (Å²) in [7, 11) is 0. The van der Waals surface area contributed by atoms with Crippen LogP contribution in [0.2, 0.25) is 4.34 Å². The van der Waals surface area contributed by atoms with Gasteiger partial charge in [-0.3, -0.25) is 0 Å². The minimum absolute atomic E-state index is 0.311. The Morgan fingerprint density at radius 3 is 2.83 bits per heavy atom. The summed E-state index contributed by atoms with van der Waals surface area (Å²) in [5, 5.41) is 5.93. The van der Waals surface area contributed by atoms with E-state index in [0.717, 1.165) is 4.34 Å². The zero-order chi connectivity index (χ0) is 12.4. The van der Waals surface area contributed by atoms with Crippen LogP contribution in [0.25, 0.3) is 0 Å². The van der Waals surface area contributed by atoms with E-state index in [9.17, 15) is 0 Å². The lowest BCUT2D eigenvalue weighted by atomic mass is 10.1. The molecular formula is C13H14ClNS3. The van der Waals surface area contributed by atoms with E-state index in [4.69, 9.17) is 11.6 Å². The van der Waals surface area contributed by atoms with E-state index in [1.165, 1.54) is 27.7 Å². The molecule has 2 unspecified atom stereocenters. The fourth-order valence-electron chi connectivity index (χ4n) is 2.15. The monoisotopic (exact) mass is 315 g/mol. The van der Waals surface area contributed by atoms with Gasteiger partial charge in [0.05, 0.1) is 10.4 Å². The molecule has 0 aliphatic carbocycles. The summed E-state index contributed by atoms with van der Waals surface area (Å²) in [6, 6.07) is 9.40. The Kier molecular flexibility index (Phi) is 4.31. The maximum Gasteiger partial charge on any atom is 0.0931 e. The largest absolute Gasteiger partial charge is 0.301 e. The molecule has 5 heteroatoms. The molecule has 1 aliphatic heterocycles. The van der Waals surface area contributed by atoms with Gasteiger partial charge in [-0.2, -0.15) is 11.8 Å². The molecule has 1 N–H and O–H groups in total. The molecule has 3 heterocycles. The molecule has 1 nitrogen and oxygen atoms in total. The Bertz CT molecular complexity index is 488. The number of nitrogens with one attached hydrogen (secondary N) is 1. The Morgan fingerprint density at radius 2 is 2.22 bits per heavy atom. The van der Waals surface area contributed by atoms with Gasteiger partial charge in [-0.05, 0) is 35.8 Å². The van der Waals surface area contributed by atoms with Crippen LogP contribution in [0.4, 0.5) is 0 Å². The van der Waals surface area contributed by atoms with Crippen LogP contribution in [0.3, 0.4) is 0 Å². The Labute approximate surface area is 125 Å². The van der Waals surface area contributed by atoms with Gasteiger partial charge in [0.25, 0.3) is 0 Å². The number of rotatable bonds is 4. The summed E-state index contributed by atoms with van der Waals surface area (Å²) in [5.41, 5.74) is 0. The molecule has 0 bridgehead atoms. The van der Waals surface area contributed by atoms with Crippen molar-refractivity contribution in [3.63, 3.8) is 0 Å². The SMILES string of the molecule is Clc1ccc(C(NC2CCSC2)c2cccs2)s1. The van der Waals surface area contributed by atoms with E-state index < -0.39 is 0 Å². The lowest BCUT2D eigenvalue weighted by molar-refractivity contribution is 0.515. The molecule has 0 saturated carbocycles. The van der Waals surface area contributed by atoms with Crippen molar-refractivity contribution in [1.82, 2.24) is 5.32 Å². The summed E-state index contributed by atoms with van der Waals surface area (Å²) in [4.78, 5) is 2.70. The predicted octanol–water partition coefficient (Wildman–Crippen LogP) is 4.65. The second-order valence-electron chi connectivity index (χ2n) is 4.32. The number of hydrogen-bond donors (Lipinski definition) is 1. The molecule has 0 amide bonds. The Morgan fingerprint density at radius 1 is 1.28 bits per heavy atom. The molecule has 0 spiro atoms. The molecular weight excluding hydrogens is 302 g/mol. The topological polar surface area (TPSA) is 12.0 Å². The number of thioether (sulfide) groups is 1. The lowest BCUT2D eigenvalue weighted by Crippen LogP contribution is -2.32. The van der Waals surface area contributed by atoms with Crippen LogP contribution in [0.5, 0.6) is 0 Å². The van der Waals surface area contributed by atoms with Gasteiger partial charge < -0.3 is 5.32 Å². The molecule has 2 aromatic rings. The standard InChI is InChI=1S/C13H14ClNS3/c14-12-4-3-11(18-12)13(10-2-1-6-17-10)15-9-5-7-16-8-9/h1-4,6,9,13,15H,5,7-8H2. The van der Waals surface area contributed by atoms with Crippen LogP contribution < -0.4 is 5.32 Å². The van der Waals surface area contributed by atoms with Crippen LogP contribution >= 0.6 is 46.0 Å². The third-order valence-corrected chi connectivity index (χ3v) is 6.43. The molecule has 0 radical (unpaired) electrons. The van der Waals surface area contributed by atoms with Crippen molar-refractivity contribution in [1.29, 1.82) is 0 Å². The summed E-state index contributed by atoms with van der Waals surface area (Å²) >= 11 is 11.6. The first-order valence-electron chi connectivity index (χ1n) is 5.95. The average Bonchev–Trinajstić information content (AvgIpc) is 3.09. The van der Waals surface area contributed by atoms with Crippen LogP contribution in [-0.2, 0) is 0 Å². The van der Waals surface area contributed by atoms with Gasteiger partial charge in [-0.1, -0.05) is 17.7 Å². The zero-order valence-corrected chi connectivity index (χ0v) is 13.0. The van der Waals surface area contributed by atoms with E-state index in [1.54, 1.807) is 11.3 Å². The average molecular weight is 316 g/mol. The third-order valence-electron chi connectivity index (χ3n) is 3.04. The zero-order valence-electron chi connectivity index (χ0n) is 9.77. The van der Waals surface area contributed by atoms with Crippen LogP contribution in [0, 0.1) is 0 Å². The molecule has 1 saturated heterocycles. The van der Waals surface area contributed by atoms with E-state index in [1.807, 2.05) is 29.2 Å². The highest BCUT2D eigenvalue weighted by Crippen LogP contribution is 2.34. The first-order valence-corrected chi connectivity index (χ1v) is 9.18. The molecule has 96 valence electrons. The quantitative estimate of drug-likeness (QED) is 0.881. The number of halogens is 1. The smallest absolute Gasteiger partial charge is 0.0931 e. The van der Waals surface area contributed by atoms with E-state index >= 15 is 0 Å². The minimum atomic E-state index is 0.311. The van der Waals surface area contributed by atoms with E-state index in [0.29, 0.717) is 12.1 Å².